The van der Waals surface area contributed by atoms with E-state index in [1.165, 1.54) is 0 Å². The van der Waals surface area contributed by atoms with Crippen LogP contribution in [0.2, 0.25) is 0 Å². The fourth-order valence-electron chi connectivity index (χ4n) is 1.23. The number of alkyl halides is 6. The van der Waals surface area contributed by atoms with Crippen LogP contribution in [0, 0.1) is 10.1 Å². The summed E-state index contributed by atoms with van der Waals surface area (Å²) < 4.78 is 73.2. The molecule has 0 aliphatic rings. The Labute approximate surface area is 102 Å². The van der Waals surface area contributed by atoms with Gasteiger partial charge in [0.15, 0.2) is 0 Å². The van der Waals surface area contributed by atoms with Gasteiger partial charge in [-0.25, -0.2) is 0 Å². The summed E-state index contributed by atoms with van der Waals surface area (Å²) >= 11 is 0. The third-order valence-electron chi connectivity index (χ3n) is 1.99. The molecule has 0 aliphatic heterocycles. The summed E-state index contributed by atoms with van der Waals surface area (Å²) in [6.07, 6.45) is -9.64. The van der Waals surface area contributed by atoms with E-state index in [9.17, 15) is 36.5 Å². The maximum absolute atomic E-state index is 12.5. The third kappa shape index (κ3) is 4.30. The number of nitro groups is 1. The molecule has 19 heavy (non-hydrogen) atoms. The van der Waals surface area contributed by atoms with Gasteiger partial charge in [0.25, 0.3) is 5.69 Å². The van der Waals surface area contributed by atoms with E-state index in [-0.39, 0.29) is 6.07 Å². The SMILES string of the molecule is O=[N+]([O-])c1ccc(NCC(F)(F)F)cc1C(F)(F)F. The Kier molecular flexibility index (Phi) is 3.91. The van der Waals surface area contributed by atoms with E-state index in [4.69, 9.17) is 0 Å². The molecule has 10 heteroatoms. The highest BCUT2D eigenvalue weighted by Crippen LogP contribution is 2.37. The van der Waals surface area contributed by atoms with Gasteiger partial charge in [0, 0.05) is 11.8 Å². The molecule has 4 nitrogen and oxygen atoms in total. The van der Waals surface area contributed by atoms with Crippen LogP contribution in [0.25, 0.3) is 0 Å². The predicted octanol–water partition coefficient (Wildman–Crippen LogP) is 3.59. The first-order valence-corrected chi connectivity index (χ1v) is 4.67. The minimum absolute atomic E-state index is 0.268. The van der Waals surface area contributed by atoms with E-state index < -0.39 is 40.8 Å². The average molecular weight is 288 g/mol. The molecule has 0 aliphatic carbocycles. The monoisotopic (exact) mass is 288 g/mol. The average Bonchev–Trinajstić information content (AvgIpc) is 2.23. The lowest BCUT2D eigenvalue weighted by atomic mass is 10.1. The first-order valence-electron chi connectivity index (χ1n) is 4.67. The fourth-order valence-corrected chi connectivity index (χ4v) is 1.23. The number of benzene rings is 1. The Morgan fingerprint density at radius 2 is 1.74 bits per heavy atom. The molecule has 1 N–H and O–H groups in total. The minimum atomic E-state index is -5.03. The third-order valence-corrected chi connectivity index (χ3v) is 1.99. The number of rotatable bonds is 3. The second-order valence-electron chi connectivity index (χ2n) is 3.46. The molecule has 0 amide bonds. The molecule has 0 fully saturated rings. The molecule has 0 unspecified atom stereocenters. The van der Waals surface area contributed by atoms with E-state index in [2.05, 4.69) is 0 Å². The van der Waals surface area contributed by atoms with Crippen LogP contribution in [0.5, 0.6) is 0 Å². The van der Waals surface area contributed by atoms with Gasteiger partial charge in [-0.2, -0.15) is 26.3 Å². The van der Waals surface area contributed by atoms with Crippen molar-refractivity contribution >= 4 is 11.4 Å². The molecule has 1 aromatic carbocycles. The van der Waals surface area contributed by atoms with Crippen molar-refractivity contribution in [1.29, 1.82) is 0 Å². The number of nitrogens with one attached hydrogen (secondary N) is 1. The Morgan fingerprint density at radius 3 is 2.16 bits per heavy atom. The van der Waals surface area contributed by atoms with E-state index in [1.54, 1.807) is 5.32 Å². The van der Waals surface area contributed by atoms with Crippen molar-refractivity contribution in [3.05, 3.63) is 33.9 Å². The van der Waals surface area contributed by atoms with E-state index in [0.717, 1.165) is 6.07 Å². The van der Waals surface area contributed by atoms with Crippen molar-refractivity contribution in [3.8, 4) is 0 Å². The summed E-state index contributed by atoms with van der Waals surface area (Å²) in [5.74, 6) is 0. The fraction of sp³-hybridized carbons (Fsp3) is 0.333. The van der Waals surface area contributed by atoms with E-state index in [1.807, 2.05) is 0 Å². The van der Waals surface area contributed by atoms with Gasteiger partial charge in [-0.3, -0.25) is 10.1 Å². The lowest BCUT2D eigenvalue weighted by Crippen LogP contribution is -2.21. The Balaban J connectivity index is 3.09. The van der Waals surface area contributed by atoms with Gasteiger partial charge >= 0.3 is 12.4 Å². The van der Waals surface area contributed by atoms with Gasteiger partial charge in [0.05, 0.1) is 4.92 Å². The van der Waals surface area contributed by atoms with Gasteiger partial charge < -0.3 is 5.32 Å². The molecular weight excluding hydrogens is 282 g/mol. The normalized spacial score (nSPS) is 12.3. The molecule has 1 aromatic rings. The van der Waals surface area contributed by atoms with E-state index >= 15 is 0 Å². The summed E-state index contributed by atoms with van der Waals surface area (Å²) in [7, 11) is 0. The first kappa shape index (κ1) is 15.1. The zero-order valence-corrected chi connectivity index (χ0v) is 8.97. The molecule has 0 heterocycles. The number of anilines is 1. The predicted molar refractivity (Wildman–Crippen MR) is 52.6 cm³/mol. The first-order chi connectivity index (χ1) is 8.50. The largest absolute Gasteiger partial charge is 0.423 e. The van der Waals surface area contributed by atoms with Gasteiger partial charge in [-0.05, 0) is 12.1 Å². The van der Waals surface area contributed by atoms with Crippen LogP contribution in [-0.2, 0) is 6.18 Å². The van der Waals surface area contributed by atoms with Crippen molar-refractivity contribution < 1.29 is 31.3 Å². The Morgan fingerprint density at radius 1 is 1.16 bits per heavy atom. The maximum Gasteiger partial charge on any atom is 0.423 e. The number of hydrogen-bond acceptors (Lipinski definition) is 3. The van der Waals surface area contributed by atoms with Crippen LogP contribution >= 0.6 is 0 Å². The van der Waals surface area contributed by atoms with Crippen LogP contribution < -0.4 is 5.32 Å². The zero-order chi connectivity index (χ0) is 14.8. The molecule has 0 saturated carbocycles. The Bertz CT molecular complexity index is 483. The van der Waals surface area contributed by atoms with Gasteiger partial charge in [-0.1, -0.05) is 0 Å². The smallest absolute Gasteiger partial charge is 0.376 e. The summed E-state index contributed by atoms with van der Waals surface area (Å²) in [6, 6.07) is 1.55. The quantitative estimate of drug-likeness (QED) is 0.525. The van der Waals surface area contributed by atoms with Crippen molar-refractivity contribution in [3.63, 3.8) is 0 Å². The van der Waals surface area contributed by atoms with Gasteiger partial charge in [-0.15, -0.1) is 0 Å². The molecule has 0 bridgehead atoms. The number of halogens is 6. The number of nitro benzene ring substituents is 1. The van der Waals surface area contributed by atoms with Crippen LogP contribution in [0.15, 0.2) is 18.2 Å². The summed E-state index contributed by atoms with van der Waals surface area (Å²) in [5, 5.41) is 12.1. The molecule has 0 radical (unpaired) electrons. The van der Waals surface area contributed by atoms with Crippen LogP contribution in [0.3, 0.4) is 0 Å². The number of hydrogen-bond donors (Lipinski definition) is 1. The molecule has 0 atom stereocenters. The minimum Gasteiger partial charge on any atom is -0.376 e. The molecule has 0 aromatic heterocycles. The lowest BCUT2D eigenvalue weighted by molar-refractivity contribution is -0.388. The molecular formula is C9H6F6N2O2. The van der Waals surface area contributed by atoms with Crippen molar-refractivity contribution in [2.75, 3.05) is 11.9 Å². The second-order valence-corrected chi connectivity index (χ2v) is 3.46. The van der Waals surface area contributed by atoms with E-state index in [0.29, 0.717) is 6.07 Å². The standard InChI is InChI=1S/C9H6F6N2O2/c10-8(11,12)4-16-5-1-2-7(17(18)19)6(3-5)9(13,14)15/h1-3,16H,4H2. The molecule has 106 valence electrons. The summed E-state index contributed by atoms with van der Waals surface area (Å²) in [4.78, 5) is 9.15. The van der Waals surface area contributed by atoms with Gasteiger partial charge in [0.1, 0.15) is 12.1 Å². The van der Waals surface area contributed by atoms with Crippen LogP contribution in [-0.4, -0.2) is 17.6 Å². The molecule has 0 spiro atoms. The zero-order valence-electron chi connectivity index (χ0n) is 8.97. The molecule has 0 saturated heterocycles. The van der Waals surface area contributed by atoms with Crippen LogP contribution in [0.4, 0.5) is 37.7 Å². The van der Waals surface area contributed by atoms with Crippen molar-refractivity contribution in [2.24, 2.45) is 0 Å². The summed E-state index contributed by atoms with van der Waals surface area (Å²) in [5.41, 5.74) is -3.33. The van der Waals surface area contributed by atoms with Crippen molar-refractivity contribution in [2.45, 2.75) is 12.4 Å². The maximum atomic E-state index is 12.5. The van der Waals surface area contributed by atoms with Gasteiger partial charge in [0.2, 0.25) is 0 Å². The summed E-state index contributed by atoms with van der Waals surface area (Å²) in [6.45, 7) is -1.54. The van der Waals surface area contributed by atoms with Crippen molar-refractivity contribution in [1.82, 2.24) is 0 Å². The highest BCUT2D eigenvalue weighted by atomic mass is 19.4. The lowest BCUT2D eigenvalue weighted by Gasteiger charge is -2.12. The topological polar surface area (TPSA) is 55.2 Å². The second kappa shape index (κ2) is 4.94. The molecule has 1 rings (SSSR count). The Hall–Kier alpha value is -2.00. The highest BCUT2D eigenvalue weighted by molar-refractivity contribution is 5.55. The van der Waals surface area contributed by atoms with Crippen LogP contribution in [0.1, 0.15) is 5.56 Å². The number of nitrogens with zero attached hydrogens (tertiary/aromatic N) is 1. The highest BCUT2D eigenvalue weighted by Gasteiger charge is 2.38.